The van der Waals surface area contributed by atoms with Crippen LogP contribution >= 0.6 is 24.8 Å². The summed E-state index contributed by atoms with van der Waals surface area (Å²) in [7, 11) is 0. The third kappa shape index (κ3) is 8.74. The molecule has 0 spiro atoms. The summed E-state index contributed by atoms with van der Waals surface area (Å²) in [5.74, 6) is 0.539. The third-order valence-electron chi connectivity index (χ3n) is 6.91. The predicted molar refractivity (Wildman–Crippen MR) is 184 cm³/mol. The summed E-state index contributed by atoms with van der Waals surface area (Å²) in [6.45, 7) is 14.1. The molecule has 1 atom stereocenters. The van der Waals surface area contributed by atoms with Crippen LogP contribution in [0, 0.1) is 40.7 Å². The summed E-state index contributed by atoms with van der Waals surface area (Å²) in [5, 5.41) is 2.75. The van der Waals surface area contributed by atoms with Crippen LogP contribution in [0.2, 0.25) is 0 Å². The molecule has 5 heteroatoms. The minimum atomic E-state index is 0. The molecule has 1 nitrogen and oxygen atoms in total. The molecule has 4 aromatic rings. The summed E-state index contributed by atoms with van der Waals surface area (Å²) in [6, 6.07) is 30.6. The number of fused-ring (bicyclic) bond motifs is 2. The maximum absolute atomic E-state index is 3.53. The quantitative estimate of drug-likeness (QED) is 0.154. The van der Waals surface area contributed by atoms with Gasteiger partial charge < -0.3 is 19.8 Å². The van der Waals surface area contributed by atoms with Crippen LogP contribution in [-0.2, 0) is 23.3 Å². The normalized spacial score (nSPS) is 14.2. The number of nitrogens with zero attached hydrogens (tertiary/aromatic N) is 1. The van der Waals surface area contributed by atoms with Gasteiger partial charge in [0.25, 0.3) is 0 Å². The van der Waals surface area contributed by atoms with Gasteiger partial charge in [-0.1, -0.05) is 93.6 Å². The summed E-state index contributed by atoms with van der Waals surface area (Å²) < 4.78 is 0. The van der Waals surface area contributed by atoms with Crippen molar-refractivity contribution in [2.24, 2.45) is 5.92 Å². The van der Waals surface area contributed by atoms with Crippen molar-refractivity contribution in [3.8, 4) is 11.1 Å². The van der Waals surface area contributed by atoms with Crippen molar-refractivity contribution in [3.05, 3.63) is 146 Å². The van der Waals surface area contributed by atoms with Crippen molar-refractivity contribution in [3.63, 3.8) is 0 Å². The number of aryl methyl sites for hydroxylation is 2. The zero-order valence-electron chi connectivity index (χ0n) is 25.2. The molecule has 2 radical (unpaired) electrons. The van der Waals surface area contributed by atoms with Crippen LogP contribution in [0.1, 0.15) is 31.9 Å². The third-order valence-corrected chi connectivity index (χ3v) is 6.91. The van der Waals surface area contributed by atoms with E-state index in [0.717, 1.165) is 0 Å². The summed E-state index contributed by atoms with van der Waals surface area (Å²) in [5.41, 5.74) is 10.5. The Morgan fingerprint density at radius 2 is 1.46 bits per heavy atom. The number of para-hydroxylation sites is 1. The van der Waals surface area contributed by atoms with Crippen molar-refractivity contribution in [2.75, 3.05) is 4.90 Å². The molecule has 0 N–H and O–H groups in total. The first-order valence-electron chi connectivity index (χ1n) is 12.8. The van der Waals surface area contributed by atoms with Gasteiger partial charge in [-0.2, -0.15) is 6.07 Å². The molecule has 1 heterocycles. The Balaban J connectivity index is 0.000000675. The average molecular weight is 678 g/mol. The van der Waals surface area contributed by atoms with Gasteiger partial charge in [0.2, 0.25) is 0 Å². The molecule has 0 bridgehead atoms. The van der Waals surface area contributed by atoms with Crippen molar-refractivity contribution in [2.45, 2.75) is 40.7 Å². The maximum atomic E-state index is 3.53. The summed E-state index contributed by atoms with van der Waals surface area (Å²) in [4.78, 5) is 2.39. The molecule has 41 heavy (non-hydrogen) atoms. The number of anilines is 1. The van der Waals surface area contributed by atoms with Crippen LogP contribution in [-0.4, -0.2) is 12.9 Å². The fraction of sp³-hybridized carbons (Fsp3) is 0.194. The topological polar surface area (TPSA) is 3.24 Å². The molecule has 1 aliphatic carbocycles. The minimum absolute atomic E-state index is 0. The standard InChI is InChI=1S/C17H18N.C17H15.2CH3.2ClH.Si.Zr/c1-12(2)14-10-15-9-13(3)18(17(15)11-14)16-7-5-4-6-8-16;1-12-10-16-13(2)8-9-15(17(16)11-12)14-6-4-3-5-7-14;;;;;;/h4-9,11-13H,1-3H3;3-11H,1-2H3;2*1H3;2*1H;;/q4*-1;;;;. The van der Waals surface area contributed by atoms with Gasteiger partial charge in [-0.3, -0.25) is 0 Å². The van der Waals surface area contributed by atoms with Crippen molar-refractivity contribution >= 4 is 48.2 Å². The van der Waals surface area contributed by atoms with Crippen LogP contribution in [0.3, 0.4) is 0 Å². The van der Waals surface area contributed by atoms with E-state index in [0.29, 0.717) is 12.0 Å². The Hall–Kier alpha value is -2.03. The van der Waals surface area contributed by atoms with Gasteiger partial charge in [0.15, 0.2) is 0 Å². The fourth-order valence-electron chi connectivity index (χ4n) is 5.07. The van der Waals surface area contributed by atoms with E-state index in [2.05, 4.69) is 150 Å². The molecule has 0 aromatic heterocycles. The number of allylic oxidation sites excluding steroid dienone is 3. The van der Waals surface area contributed by atoms with Gasteiger partial charge in [-0.05, 0) is 30.5 Å². The number of rotatable bonds is 3. The molecule has 2 aliphatic rings. The van der Waals surface area contributed by atoms with E-state index in [4.69, 9.17) is 0 Å². The Morgan fingerprint density at radius 1 is 0.878 bits per heavy atom. The number of hydrogen-bond donors (Lipinski definition) is 0. The van der Waals surface area contributed by atoms with E-state index in [1.54, 1.807) is 0 Å². The molecular weight excluding hydrogens is 637 g/mol. The Labute approximate surface area is 278 Å². The molecule has 0 amide bonds. The number of halogens is 2. The van der Waals surface area contributed by atoms with Crippen LogP contribution in [0.5, 0.6) is 0 Å². The molecule has 0 saturated carbocycles. The van der Waals surface area contributed by atoms with Crippen LogP contribution in [0.25, 0.3) is 21.9 Å². The van der Waals surface area contributed by atoms with E-state index >= 15 is 0 Å². The van der Waals surface area contributed by atoms with Crippen LogP contribution in [0.15, 0.2) is 114 Å². The van der Waals surface area contributed by atoms with Crippen molar-refractivity contribution in [1.82, 2.24) is 0 Å². The first kappa shape index (κ1) is 39.0. The Bertz CT molecular complexity index is 1470. The first-order valence-corrected chi connectivity index (χ1v) is 17.0. The average Bonchev–Trinajstić information content (AvgIpc) is 3.59. The van der Waals surface area contributed by atoms with Gasteiger partial charge in [-0.15, -0.1) is 88.2 Å². The van der Waals surface area contributed by atoms with Gasteiger partial charge in [-0.25, -0.2) is 0 Å². The molecule has 216 valence electrons. The van der Waals surface area contributed by atoms with Gasteiger partial charge in [0.1, 0.15) is 0 Å². The number of hydrogen-bond acceptors (Lipinski definition) is 1. The summed E-state index contributed by atoms with van der Waals surface area (Å²) in [6.07, 6.45) is 8.11. The van der Waals surface area contributed by atoms with Crippen molar-refractivity contribution in [1.29, 1.82) is 0 Å². The zero-order chi connectivity index (χ0) is 26.5. The molecule has 4 aromatic carbocycles. The molecule has 1 unspecified atom stereocenters. The van der Waals surface area contributed by atoms with Gasteiger partial charge in [0, 0.05) is 11.7 Å². The Morgan fingerprint density at radius 3 is 2.05 bits per heavy atom. The van der Waals surface area contributed by atoms with E-state index in [1.165, 1.54) is 78.9 Å². The molecule has 0 fully saturated rings. The second kappa shape index (κ2) is 17.8. The molecular formula is C36H41Cl2NSiZr-4. The predicted octanol–water partition coefficient (Wildman–Crippen LogP) is 10.3. The SMILES string of the molecule is CC(C)C1=[C-]C2=CC(C)N(c3ccccc3)C2=C1.Cc1cc2c(-c3ccccc3)ccc(C)c2[cH-]1.Cl.Cl.[CH3-].[CH3-].[Si]=[Zr]. The van der Waals surface area contributed by atoms with Crippen LogP contribution in [0.4, 0.5) is 5.69 Å². The van der Waals surface area contributed by atoms with E-state index in [-0.39, 0.29) is 39.7 Å². The van der Waals surface area contributed by atoms with Gasteiger partial charge in [0.05, 0.1) is 0 Å². The number of benzene rings is 3. The Kier molecular flexibility index (Phi) is 16.9. The first-order chi connectivity index (χ1) is 17.9. The zero-order valence-corrected chi connectivity index (χ0v) is 30.2. The van der Waals surface area contributed by atoms with E-state index < -0.39 is 0 Å². The second-order valence-electron chi connectivity index (χ2n) is 9.95. The van der Waals surface area contributed by atoms with E-state index in [9.17, 15) is 0 Å². The van der Waals surface area contributed by atoms with Crippen molar-refractivity contribution < 1.29 is 23.3 Å². The molecule has 6 rings (SSSR count). The van der Waals surface area contributed by atoms with Gasteiger partial charge >= 0.3 is 30.2 Å². The van der Waals surface area contributed by atoms with Crippen LogP contribution < -0.4 is 4.90 Å². The molecule has 1 aliphatic heterocycles. The molecule has 0 saturated heterocycles. The fourth-order valence-corrected chi connectivity index (χ4v) is 5.07. The van der Waals surface area contributed by atoms with E-state index in [1.807, 2.05) is 0 Å². The summed E-state index contributed by atoms with van der Waals surface area (Å²) >= 11 is 1.36. The monoisotopic (exact) mass is 675 g/mol. The second-order valence-corrected chi connectivity index (χ2v) is 9.95.